The molecule has 5 nitrogen and oxygen atoms in total. The van der Waals surface area contributed by atoms with Crippen LogP contribution in [-0.4, -0.2) is 52.1 Å². The minimum Gasteiger partial charge on any atom is -0.393 e. The topological polar surface area (TPSA) is 68.2 Å². The molecular weight excluding hydrogens is 308 g/mol. The number of hydrogen-bond donors (Lipinski definition) is 2. The van der Waals surface area contributed by atoms with E-state index in [1.807, 2.05) is 13.8 Å². The summed E-state index contributed by atoms with van der Waals surface area (Å²) in [6.07, 6.45) is 2.47. The molecule has 2 heterocycles. The van der Waals surface area contributed by atoms with Crippen molar-refractivity contribution in [1.29, 1.82) is 0 Å². The van der Waals surface area contributed by atoms with Crippen molar-refractivity contribution in [2.75, 3.05) is 0 Å². The van der Waals surface area contributed by atoms with Gasteiger partial charge in [0.05, 0.1) is 30.0 Å². The lowest BCUT2D eigenvalue weighted by molar-refractivity contribution is -0.165. The molecule has 3 fully saturated rings. The van der Waals surface area contributed by atoms with Gasteiger partial charge in [-0.05, 0) is 44.9 Å². The fourth-order valence-corrected chi connectivity index (χ4v) is 4.46. The van der Waals surface area contributed by atoms with Crippen molar-refractivity contribution < 1.29 is 24.4 Å². The number of fused-ring (bicyclic) bond motifs is 4. The standard InChI is InChI=1S/C19H34O5/c1-11(2)12(3)8-13(20)6-7-16-19(21)9-14(22-16)17-15(10-19)23-18(4,5)24-17/h11-17,20-21H,6-10H2,1-5H3/t12-,13?,14-,15-,16?,17+,19-/m1/s1. The van der Waals surface area contributed by atoms with Crippen LogP contribution in [-0.2, 0) is 14.2 Å². The summed E-state index contributed by atoms with van der Waals surface area (Å²) in [5.41, 5.74) is -0.848. The van der Waals surface area contributed by atoms with E-state index in [1.165, 1.54) is 0 Å². The minimum atomic E-state index is -0.848. The Labute approximate surface area is 145 Å². The molecule has 0 aromatic heterocycles. The van der Waals surface area contributed by atoms with E-state index < -0.39 is 11.4 Å². The van der Waals surface area contributed by atoms with E-state index in [1.54, 1.807) is 0 Å². The van der Waals surface area contributed by atoms with E-state index in [0.29, 0.717) is 37.5 Å². The molecule has 2 N–H and O–H groups in total. The summed E-state index contributed by atoms with van der Waals surface area (Å²) in [7, 11) is 0. The van der Waals surface area contributed by atoms with Crippen LogP contribution >= 0.6 is 0 Å². The molecule has 0 aromatic carbocycles. The van der Waals surface area contributed by atoms with Crippen LogP contribution in [0.25, 0.3) is 0 Å². The van der Waals surface area contributed by atoms with Crippen LogP contribution in [0.4, 0.5) is 0 Å². The molecule has 1 saturated carbocycles. The summed E-state index contributed by atoms with van der Waals surface area (Å²) < 4.78 is 18.0. The highest BCUT2D eigenvalue weighted by Crippen LogP contribution is 2.49. The molecule has 3 aliphatic rings. The molecule has 24 heavy (non-hydrogen) atoms. The molecule has 0 radical (unpaired) electrons. The first-order valence-corrected chi connectivity index (χ1v) is 9.51. The summed E-state index contributed by atoms with van der Waals surface area (Å²) in [6, 6.07) is 0. The summed E-state index contributed by atoms with van der Waals surface area (Å²) in [6.45, 7) is 10.4. The van der Waals surface area contributed by atoms with Crippen LogP contribution in [0.2, 0.25) is 0 Å². The molecular formula is C19H34O5. The van der Waals surface area contributed by atoms with Crippen molar-refractivity contribution in [1.82, 2.24) is 0 Å². The van der Waals surface area contributed by atoms with Crippen LogP contribution < -0.4 is 0 Å². The van der Waals surface area contributed by atoms with E-state index in [-0.39, 0.29) is 30.5 Å². The van der Waals surface area contributed by atoms with Crippen molar-refractivity contribution in [3.63, 3.8) is 0 Å². The third-order valence-electron chi connectivity index (χ3n) is 6.18. The third-order valence-corrected chi connectivity index (χ3v) is 6.18. The van der Waals surface area contributed by atoms with Crippen LogP contribution in [0.5, 0.6) is 0 Å². The lowest BCUT2D eigenvalue weighted by Crippen LogP contribution is -2.48. The van der Waals surface area contributed by atoms with E-state index in [4.69, 9.17) is 14.2 Å². The van der Waals surface area contributed by atoms with Gasteiger partial charge in [-0.15, -0.1) is 0 Å². The molecule has 0 aromatic rings. The van der Waals surface area contributed by atoms with Gasteiger partial charge in [0, 0.05) is 12.8 Å². The van der Waals surface area contributed by atoms with E-state index in [2.05, 4.69) is 20.8 Å². The first kappa shape index (κ1) is 18.6. The summed E-state index contributed by atoms with van der Waals surface area (Å²) in [5, 5.41) is 21.3. The normalized spacial score (nSPS) is 43.0. The van der Waals surface area contributed by atoms with Crippen LogP contribution in [0.3, 0.4) is 0 Å². The maximum absolute atomic E-state index is 11.0. The average molecular weight is 342 g/mol. The van der Waals surface area contributed by atoms with Gasteiger partial charge in [0.25, 0.3) is 0 Å². The van der Waals surface area contributed by atoms with Crippen molar-refractivity contribution in [3.8, 4) is 0 Å². The highest BCUT2D eigenvalue weighted by atomic mass is 16.8. The van der Waals surface area contributed by atoms with Gasteiger partial charge in [0.15, 0.2) is 5.79 Å². The molecule has 2 saturated heterocycles. The lowest BCUT2D eigenvalue weighted by atomic mass is 9.78. The molecule has 2 bridgehead atoms. The highest BCUT2D eigenvalue weighted by molar-refractivity contribution is 5.09. The van der Waals surface area contributed by atoms with Gasteiger partial charge in [0.2, 0.25) is 0 Å². The molecule has 0 spiro atoms. The fourth-order valence-electron chi connectivity index (χ4n) is 4.46. The van der Waals surface area contributed by atoms with Gasteiger partial charge >= 0.3 is 0 Å². The quantitative estimate of drug-likeness (QED) is 0.777. The Hall–Kier alpha value is -0.200. The molecule has 7 atom stereocenters. The Morgan fingerprint density at radius 3 is 2.42 bits per heavy atom. The molecule has 1 aliphatic carbocycles. The molecule has 0 amide bonds. The maximum atomic E-state index is 11.0. The number of ether oxygens (including phenoxy) is 3. The summed E-state index contributed by atoms with van der Waals surface area (Å²) in [5.74, 6) is 0.469. The van der Waals surface area contributed by atoms with Crippen molar-refractivity contribution >= 4 is 0 Å². The van der Waals surface area contributed by atoms with Gasteiger partial charge in [-0.1, -0.05) is 20.8 Å². The number of aliphatic hydroxyl groups is 2. The summed E-state index contributed by atoms with van der Waals surface area (Å²) >= 11 is 0. The Morgan fingerprint density at radius 2 is 1.75 bits per heavy atom. The highest BCUT2D eigenvalue weighted by Gasteiger charge is 2.61. The largest absolute Gasteiger partial charge is 0.393 e. The predicted molar refractivity (Wildman–Crippen MR) is 90.5 cm³/mol. The molecule has 5 heteroatoms. The van der Waals surface area contributed by atoms with E-state index >= 15 is 0 Å². The SMILES string of the molecule is CC(C)[C@H](C)CC(O)CCC1O[C@@H]2C[C@@]1(O)C[C@H]1OC(C)(C)O[C@@H]21. The van der Waals surface area contributed by atoms with Gasteiger partial charge < -0.3 is 24.4 Å². The van der Waals surface area contributed by atoms with E-state index in [9.17, 15) is 10.2 Å². The van der Waals surface area contributed by atoms with Gasteiger partial charge in [-0.25, -0.2) is 0 Å². The second kappa shape index (κ2) is 6.51. The van der Waals surface area contributed by atoms with Crippen molar-refractivity contribution in [2.45, 2.75) is 109 Å². The number of rotatable bonds is 6. The fraction of sp³-hybridized carbons (Fsp3) is 1.00. The van der Waals surface area contributed by atoms with Crippen molar-refractivity contribution in [3.05, 3.63) is 0 Å². The van der Waals surface area contributed by atoms with E-state index in [0.717, 1.165) is 6.42 Å². The molecule has 140 valence electrons. The van der Waals surface area contributed by atoms with Gasteiger partial charge in [-0.3, -0.25) is 0 Å². The lowest BCUT2D eigenvalue weighted by Gasteiger charge is -2.34. The molecule has 2 unspecified atom stereocenters. The van der Waals surface area contributed by atoms with Crippen molar-refractivity contribution in [2.24, 2.45) is 11.8 Å². The first-order chi connectivity index (χ1) is 11.1. The maximum Gasteiger partial charge on any atom is 0.163 e. The Bertz CT molecular complexity index is 451. The Kier molecular flexibility index (Phi) is 5.04. The third kappa shape index (κ3) is 3.65. The molecule has 3 rings (SSSR count). The zero-order valence-corrected chi connectivity index (χ0v) is 15.7. The van der Waals surface area contributed by atoms with Gasteiger partial charge in [0.1, 0.15) is 6.10 Å². The van der Waals surface area contributed by atoms with Crippen LogP contribution in [0.15, 0.2) is 0 Å². The second-order valence-corrected chi connectivity index (χ2v) is 9.00. The smallest absolute Gasteiger partial charge is 0.163 e. The Balaban J connectivity index is 1.54. The van der Waals surface area contributed by atoms with Crippen LogP contribution in [0.1, 0.15) is 66.7 Å². The Morgan fingerprint density at radius 1 is 1.08 bits per heavy atom. The molecule has 2 aliphatic heterocycles. The summed E-state index contributed by atoms with van der Waals surface area (Å²) in [4.78, 5) is 0. The monoisotopic (exact) mass is 342 g/mol. The average Bonchev–Trinajstić information content (AvgIpc) is 2.90. The first-order valence-electron chi connectivity index (χ1n) is 9.51. The zero-order valence-electron chi connectivity index (χ0n) is 15.7. The predicted octanol–water partition coefficient (Wildman–Crippen LogP) is 2.62. The zero-order chi connectivity index (χ0) is 17.7. The number of hydrogen-bond acceptors (Lipinski definition) is 5. The van der Waals surface area contributed by atoms with Crippen LogP contribution in [0, 0.1) is 11.8 Å². The van der Waals surface area contributed by atoms with Gasteiger partial charge in [-0.2, -0.15) is 0 Å². The second-order valence-electron chi connectivity index (χ2n) is 9.00. The number of aliphatic hydroxyl groups excluding tert-OH is 1. The minimum absolute atomic E-state index is 0.0869.